The number of oxime groups is 1. The molecule has 8 nitrogen and oxygen atoms in total. The maximum absolute atomic E-state index is 14.5. The number of benzene rings is 1. The van der Waals surface area contributed by atoms with Crippen molar-refractivity contribution in [3.8, 4) is 17.5 Å². The molecule has 2 rings (SSSR count). The summed E-state index contributed by atoms with van der Waals surface area (Å²) in [5.74, 6) is -2.77. The molecule has 27 heavy (non-hydrogen) atoms. The van der Waals surface area contributed by atoms with Crippen LogP contribution in [0.1, 0.15) is 27.8 Å². The van der Waals surface area contributed by atoms with Gasteiger partial charge in [0.2, 0.25) is 5.82 Å². The van der Waals surface area contributed by atoms with E-state index in [-0.39, 0.29) is 22.9 Å². The van der Waals surface area contributed by atoms with Crippen LogP contribution in [-0.2, 0) is 9.63 Å². The average molecular weight is 377 g/mol. The molecule has 0 fully saturated rings. The smallest absolute Gasteiger partial charge is 0.358 e. The predicted molar refractivity (Wildman–Crippen MR) is 95.2 cm³/mol. The van der Waals surface area contributed by atoms with Gasteiger partial charge >= 0.3 is 5.97 Å². The number of halogens is 1. The normalized spacial score (nSPS) is 11.3. The Labute approximate surface area is 155 Å². The van der Waals surface area contributed by atoms with Crippen molar-refractivity contribution in [2.24, 2.45) is 5.16 Å². The van der Waals surface area contributed by atoms with E-state index in [0.717, 1.165) is 17.5 Å². The summed E-state index contributed by atoms with van der Waals surface area (Å²) in [6.07, 6.45) is 1.08. The number of methoxy groups -OCH3 is 1. The van der Waals surface area contributed by atoms with Crippen LogP contribution in [0.25, 0.3) is 0 Å². The second-order valence-corrected chi connectivity index (χ2v) is 5.74. The number of aliphatic carboxylic acids is 1. The molecular formula is C18H20FN3O5. The number of carboxylic acid groups (broad SMARTS) is 1. The van der Waals surface area contributed by atoms with E-state index >= 15 is 0 Å². The summed E-state index contributed by atoms with van der Waals surface area (Å²) in [5.41, 5.74) is 2.79. The van der Waals surface area contributed by atoms with Crippen molar-refractivity contribution in [2.45, 2.75) is 27.7 Å². The molecule has 0 amide bonds. The number of rotatable bonds is 6. The molecule has 0 saturated carbocycles. The number of nitrogens with zero attached hydrogens (tertiary/aromatic N) is 3. The predicted octanol–water partition coefficient (Wildman–Crippen LogP) is 3.09. The molecule has 1 heterocycles. The van der Waals surface area contributed by atoms with Gasteiger partial charge in [0.25, 0.3) is 11.8 Å². The molecule has 0 saturated heterocycles. The quantitative estimate of drug-likeness (QED) is 0.609. The van der Waals surface area contributed by atoms with Crippen molar-refractivity contribution in [2.75, 3.05) is 14.2 Å². The highest BCUT2D eigenvalue weighted by atomic mass is 19.1. The highest BCUT2D eigenvalue weighted by Gasteiger charge is 2.27. The Morgan fingerprint density at radius 1 is 1.04 bits per heavy atom. The lowest BCUT2D eigenvalue weighted by Crippen LogP contribution is -2.19. The van der Waals surface area contributed by atoms with Crippen LogP contribution in [0.15, 0.2) is 11.5 Å². The zero-order valence-corrected chi connectivity index (χ0v) is 15.9. The third-order valence-electron chi connectivity index (χ3n) is 4.37. The summed E-state index contributed by atoms with van der Waals surface area (Å²) in [6, 6.07) is 0. The Hall–Kier alpha value is -3.23. The highest BCUT2D eigenvalue weighted by molar-refractivity contribution is 6.43. The summed E-state index contributed by atoms with van der Waals surface area (Å²) in [4.78, 5) is 23.9. The van der Waals surface area contributed by atoms with Gasteiger partial charge in [0, 0.05) is 0 Å². The van der Waals surface area contributed by atoms with E-state index in [0.29, 0.717) is 11.1 Å². The molecule has 0 unspecified atom stereocenters. The SMILES string of the molecule is CO/N=C(\C(=O)O)c1c(C)c(C)c(C)c(C)c1Oc1ncnc(OC)c1F. The van der Waals surface area contributed by atoms with Crippen molar-refractivity contribution in [1.29, 1.82) is 0 Å². The molecular weight excluding hydrogens is 357 g/mol. The molecule has 0 radical (unpaired) electrons. The molecule has 9 heteroatoms. The summed E-state index contributed by atoms with van der Waals surface area (Å²) < 4.78 is 25.0. The zero-order valence-electron chi connectivity index (χ0n) is 15.9. The minimum atomic E-state index is -1.31. The first-order valence-corrected chi connectivity index (χ1v) is 7.92. The summed E-state index contributed by atoms with van der Waals surface area (Å²) >= 11 is 0. The van der Waals surface area contributed by atoms with Crippen LogP contribution in [0.3, 0.4) is 0 Å². The summed E-state index contributed by atoms with van der Waals surface area (Å²) in [6.45, 7) is 7.18. The largest absolute Gasteiger partial charge is 0.479 e. The summed E-state index contributed by atoms with van der Waals surface area (Å²) in [5, 5.41) is 13.2. The molecule has 0 aliphatic carbocycles. The van der Waals surface area contributed by atoms with E-state index < -0.39 is 17.7 Å². The molecule has 0 atom stereocenters. The molecule has 1 aromatic carbocycles. The molecule has 144 valence electrons. The number of aromatic nitrogens is 2. The fraction of sp³-hybridized carbons (Fsp3) is 0.333. The second-order valence-electron chi connectivity index (χ2n) is 5.74. The molecule has 0 spiro atoms. The van der Waals surface area contributed by atoms with Gasteiger partial charge in [0.15, 0.2) is 5.71 Å². The van der Waals surface area contributed by atoms with Gasteiger partial charge in [-0.2, -0.15) is 14.4 Å². The van der Waals surface area contributed by atoms with Gasteiger partial charge in [0.1, 0.15) is 19.2 Å². The van der Waals surface area contributed by atoms with Crippen LogP contribution < -0.4 is 9.47 Å². The fourth-order valence-corrected chi connectivity index (χ4v) is 2.62. The topological polar surface area (TPSA) is 103 Å². The average Bonchev–Trinajstić information content (AvgIpc) is 2.64. The van der Waals surface area contributed by atoms with Gasteiger partial charge in [-0.3, -0.25) is 0 Å². The lowest BCUT2D eigenvalue weighted by atomic mass is 9.91. The Balaban J connectivity index is 2.79. The van der Waals surface area contributed by atoms with Crippen molar-refractivity contribution < 1.29 is 28.6 Å². The minimum Gasteiger partial charge on any atom is -0.479 e. The minimum absolute atomic E-state index is 0.119. The van der Waals surface area contributed by atoms with E-state index in [4.69, 9.17) is 9.47 Å². The first-order valence-electron chi connectivity index (χ1n) is 7.92. The third-order valence-corrected chi connectivity index (χ3v) is 4.37. The van der Waals surface area contributed by atoms with Gasteiger partial charge in [-0.25, -0.2) is 4.79 Å². The van der Waals surface area contributed by atoms with Crippen LogP contribution in [0.2, 0.25) is 0 Å². The second kappa shape index (κ2) is 7.98. The molecule has 2 aromatic rings. The Morgan fingerprint density at radius 3 is 2.19 bits per heavy atom. The Morgan fingerprint density at radius 2 is 1.63 bits per heavy atom. The van der Waals surface area contributed by atoms with Crippen LogP contribution in [0, 0.1) is 33.5 Å². The monoisotopic (exact) mass is 377 g/mol. The number of carbonyl (C=O) groups is 1. The number of carboxylic acids is 1. The zero-order chi connectivity index (χ0) is 20.3. The standard InChI is InChI=1S/C18H20FN3O5/c1-8-9(2)11(4)15(12(10(8)3)14(18(23)24)22-26-6)27-17-13(19)16(25-5)20-7-21-17/h7H,1-6H3,(H,23,24)/b22-14-. The fourth-order valence-electron chi connectivity index (χ4n) is 2.62. The van der Waals surface area contributed by atoms with E-state index in [9.17, 15) is 14.3 Å². The molecule has 0 bridgehead atoms. The molecule has 0 aliphatic rings. The maximum atomic E-state index is 14.5. The Bertz CT molecular complexity index is 928. The van der Waals surface area contributed by atoms with Crippen LogP contribution in [-0.4, -0.2) is 41.0 Å². The van der Waals surface area contributed by atoms with Gasteiger partial charge in [-0.15, -0.1) is 0 Å². The van der Waals surface area contributed by atoms with Gasteiger partial charge in [-0.1, -0.05) is 5.16 Å². The number of hydrogen-bond donors (Lipinski definition) is 1. The lowest BCUT2D eigenvalue weighted by Gasteiger charge is -2.20. The Kier molecular flexibility index (Phi) is 5.94. The van der Waals surface area contributed by atoms with E-state index in [1.807, 2.05) is 13.8 Å². The number of hydrogen-bond acceptors (Lipinski definition) is 7. The van der Waals surface area contributed by atoms with Crippen LogP contribution in [0.4, 0.5) is 4.39 Å². The van der Waals surface area contributed by atoms with E-state index in [1.165, 1.54) is 14.2 Å². The molecule has 1 aromatic heterocycles. The lowest BCUT2D eigenvalue weighted by molar-refractivity contribution is -0.129. The van der Waals surface area contributed by atoms with Crippen molar-refractivity contribution in [3.05, 3.63) is 40.0 Å². The number of ether oxygens (including phenoxy) is 2. The van der Waals surface area contributed by atoms with Gasteiger partial charge in [0.05, 0.1) is 12.7 Å². The molecule has 1 N–H and O–H groups in total. The summed E-state index contributed by atoms with van der Waals surface area (Å²) in [7, 11) is 2.50. The van der Waals surface area contributed by atoms with Crippen molar-refractivity contribution in [1.82, 2.24) is 9.97 Å². The third kappa shape index (κ3) is 3.67. The van der Waals surface area contributed by atoms with E-state index in [2.05, 4.69) is 20.0 Å². The maximum Gasteiger partial charge on any atom is 0.358 e. The van der Waals surface area contributed by atoms with Crippen LogP contribution >= 0.6 is 0 Å². The highest BCUT2D eigenvalue weighted by Crippen LogP contribution is 2.37. The van der Waals surface area contributed by atoms with Gasteiger partial charge in [-0.05, 0) is 49.9 Å². The van der Waals surface area contributed by atoms with Gasteiger partial charge < -0.3 is 19.4 Å². The molecule has 0 aliphatic heterocycles. The van der Waals surface area contributed by atoms with Crippen molar-refractivity contribution in [3.63, 3.8) is 0 Å². The first kappa shape index (κ1) is 20.1. The van der Waals surface area contributed by atoms with Crippen LogP contribution in [0.5, 0.6) is 17.5 Å². The first-order chi connectivity index (χ1) is 12.7. The van der Waals surface area contributed by atoms with E-state index in [1.54, 1.807) is 13.8 Å². The van der Waals surface area contributed by atoms with Crippen molar-refractivity contribution >= 4 is 11.7 Å².